The van der Waals surface area contributed by atoms with Crippen molar-refractivity contribution in [3.8, 4) is 16.9 Å². The second-order valence-corrected chi connectivity index (χ2v) is 8.03. The number of amides is 1. The third kappa shape index (κ3) is 4.31. The number of nitrogens with one attached hydrogen (secondary N) is 1. The largest absolute Gasteiger partial charge is 0.481 e. The number of alkyl halides is 2. The maximum atomic E-state index is 13.7. The molecule has 31 heavy (non-hydrogen) atoms. The van der Waals surface area contributed by atoms with Crippen molar-refractivity contribution >= 4 is 16.7 Å². The molecule has 1 aliphatic rings. The third-order valence-electron chi connectivity index (χ3n) is 5.67. The van der Waals surface area contributed by atoms with Gasteiger partial charge >= 0.3 is 0 Å². The Kier molecular flexibility index (Phi) is 5.52. The number of piperidine rings is 1. The summed E-state index contributed by atoms with van der Waals surface area (Å²) in [5.41, 5.74) is 2.70. The van der Waals surface area contributed by atoms with Gasteiger partial charge in [0.1, 0.15) is 5.75 Å². The molecule has 1 amide bonds. The number of ether oxygens (including phenoxy) is 1. The fourth-order valence-corrected chi connectivity index (χ4v) is 4.08. The number of nitrogens with zero attached hydrogens (tertiary/aromatic N) is 1. The highest BCUT2D eigenvalue weighted by Crippen LogP contribution is 2.31. The first kappa shape index (κ1) is 21.0. The molecule has 0 spiro atoms. The van der Waals surface area contributed by atoms with E-state index < -0.39 is 24.5 Å². The lowest BCUT2D eigenvalue weighted by molar-refractivity contribution is -0.148. The molecule has 0 saturated carbocycles. The molecular formula is C24H24F2N2O3. The molecule has 0 unspecified atom stereocenters. The third-order valence-corrected chi connectivity index (χ3v) is 5.67. The van der Waals surface area contributed by atoms with Crippen LogP contribution in [0.2, 0.25) is 0 Å². The number of fused-ring (bicyclic) bond motifs is 1. The van der Waals surface area contributed by atoms with Crippen molar-refractivity contribution in [1.82, 2.24) is 9.88 Å². The van der Waals surface area contributed by atoms with Gasteiger partial charge in [0.2, 0.25) is 0 Å². The molecule has 2 aromatic carbocycles. The number of aromatic nitrogens is 1. The molecule has 1 aromatic heterocycles. The van der Waals surface area contributed by atoms with Gasteiger partial charge in [0.05, 0.1) is 11.9 Å². The average Bonchev–Trinajstić information content (AvgIpc) is 2.74. The maximum Gasteiger partial charge on any atom is 0.265 e. The molecule has 162 valence electrons. The summed E-state index contributed by atoms with van der Waals surface area (Å²) in [6, 6.07) is 12.9. The number of likely N-dealkylation sites (tertiary alicyclic amines) is 1. The van der Waals surface area contributed by atoms with Gasteiger partial charge < -0.3 is 14.6 Å². The number of halogens is 2. The second-order valence-electron chi connectivity index (χ2n) is 8.03. The van der Waals surface area contributed by atoms with Crippen molar-refractivity contribution in [2.75, 3.05) is 13.1 Å². The monoisotopic (exact) mass is 426 g/mol. The van der Waals surface area contributed by atoms with Crippen molar-refractivity contribution in [3.63, 3.8) is 0 Å². The van der Waals surface area contributed by atoms with Crippen LogP contribution in [-0.4, -0.2) is 40.9 Å². The van der Waals surface area contributed by atoms with Crippen molar-refractivity contribution in [2.45, 2.75) is 38.7 Å². The molecule has 1 fully saturated rings. The molecular weight excluding hydrogens is 402 g/mol. The number of hydrogen-bond acceptors (Lipinski definition) is 3. The number of aryl methyl sites for hydroxylation is 1. The number of rotatable bonds is 4. The van der Waals surface area contributed by atoms with Crippen molar-refractivity contribution in [2.24, 2.45) is 0 Å². The summed E-state index contributed by atoms with van der Waals surface area (Å²) in [6.07, 6.45) is 0.808. The molecule has 0 radical (unpaired) electrons. The summed E-state index contributed by atoms with van der Waals surface area (Å²) < 4.78 is 33.1. The van der Waals surface area contributed by atoms with Gasteiger partial charge in [-0.1, -0.05) is 24.3 Å². The van der Waals surface area contributed by atoms with Gasteiger partial charge in [-0.15, -0.1) is 0 Å². The highest BCUT2D eigenvalue weighted by Gasteiger charge is 2.38. The van der Waals surface area contributed by atoms with Crippen LogP contribution in [0, 0.1) is 6.92 Å². The number of carbonyl (C=O) groups is 1. The first-order chi connectivity index (χ1) is 14.7. The number of hydrogen-bond donors (Lipinski definition) is 1. The molecule has 1 atom stereocenters. The highest BCUT2D eigenvalue weighted by atomic mass is 19.3. The summed E-state index contributed by atoms with van der Waals surface area (Å²) in [6.45, 7) is 3.24. The lowest BCUT2D eigenvalue weighted by atomic mass is 9.97. The fourth-order valence-electron chi connectivity index (χ4n) is 4.08. The summed E-state index contributed by atoms with van der Waals surface area (Å²) in [4.78, 5) is 29.0. The Balaban J connectivity index is 1.61. The fraction of sp³-hybridized carbons (Fsp3) is 0.333. The summed E-state index contributed by atoms with van der Waals surface area (Å²) in [5.74, 6) is -3.01. The molecule has 1 saturated heterocycles. The summed E-state index contributed by atoms with van der Waals surface area (Å²) in [7, 11) is 0. The van der Waals surface area contributed by atoms with Gasteiger partial charge in [-0.05, 0) is 55.0 Å². The Morgan fingerprint density at radius 3 is 2.68 bits per heavy atom. The minimum absolute atomic E-state index is 0.206. The normalized spacial score (nSPS) is 16.8. The van der Waals surface area contributed by atoms with E-state index in [0.29, 0.717) is 17.7 Å². The zero-order valence-corrected chi connectivity index (χ0v) is 17.5. The SMILES string of the molecule is Cc1ccccc1-c1c[nH]c(=O)c2cc(O[C@H](C)C(=O)N3CCCC(F)(F)C3)ccc12. The van der Waals surface area contributed by atoms with Crippen LogP contribution in [0.15, 0.2) is 53.5 Å². The van der Waals surface area contributed by atoms with E-state index in [0.717, 1.165) is 27.0 Å². The molecule has 2 heterocycles. The number of pyridine rings is 1. The Morgan fingerprint density at radius 2 is 1.94 bits per heavy atom. The lowest BCUT2D eigenvalue weighted by Crippen LogP contribution is -2.49. The van der Waals surface area contributed by atoms with Crippen LogP contribution < -0.4 is 10.3 Å². The second kappa shape index (κ2) is 8.13. The topological polar surface area (TPSA) is 62.4 Å². The van der Waals surface area contributed by atoms with E-state index in [9.17, 15) is 18.4 Å². The van der Waals surface area contributed by atoms with Crippen LogP contribution in [0.25, 0.3) is 21.9 Å². The van der Waals surface area contributed by atoms with Crippen molar-refractivity contribution < 1.29 is 18.3 Å². The van der Waals surface area contributed by atoms with Crippen LogP contribution >= 0.6 is 0 Å². The smallest absolute Gasteiger partial charge is 0.265 e. The van der Waals surface area contributed by atoms with E-state index in [1.54, 1.807) is 24.4 Å². The predicted octanol–water partition coefficient (Wildman–Crippen LogP) is 4.53. The van der Waals surface area contributed by atoms with E-state index in [1.165, 1.54) is 6.92 Å². The van der Waals surface area contributed by atoms with Crippen molar-refractivity contribution in [1.29, 1.82) is 0 Å². The van der Waals surface area contributed by atoms with E-state index in [1.807, 2.05) is 31.2 Å². The zero-order valence-electron chi connectivity index (χ0n) is 17.5. The van der Waals surface area contributed by atoms with E-state index in [-0.39, 0.29) is 18.4 Å². The lowest BCUT2D eigenvalue weighted by Gasteiger charge is -2.33. The quantitative estimate of drug-likeness (QED) is 0.667. The maximum absolute atomic E-state index is 13.7. The summed E-state index contributed by atoms with van der Waals surface area (Å²) >= 11 is 0. The number of aromatic amines is 1. The van der Waals surface area contributed by atoms with Crippen LogP contribution in [0.4, 0.5) is 8.78 Å². The van der Waals surface area contributed by atoms with Crippen LogP contribution in [0.5, 0.6) is 5.75 Å². The molecule has 0 bridgehead atoms. The van der Waals surface area contributed by atoms with E-state index in [4.69, 9.17) is 4.74 Å². The first-order valence-corrected chi connectivity index (χ1v) is 10.3. The number of H-pyrrole nitrogens is 1. The Hall–Kier alpha value is -3.22. The Labute approximate surface area is 178 Å². The minimum atomic E-state index is -2.87. The average molecular weight is 426 g/mol. The molecule has 3 aromatic rings. The van der Waals surface area contributed by atoms with Gasteiger partial charge in [0.25, 0.3) is 17.4 Å². The highest BCUT2D eigenvalue weighted by molar-refractivity contribution is 5.97. The van der Waals surface area contributed by atoms with Crippen LogP contribution in [0.3, 0.4) is 0 Å². The van der Waals surface area contributed by atoms with Crippen LogP contribution in [0.1, 0.15) is 25.3 Å². The summed E-state index contributed by atoms with van der Waals surface area (Å²) in [5, 5.41) is 1.20. The molecule has 0 aliphatic carbocycles. The van der Waals surface area contributed by atoms with Gasteiger partial charge in [0, 0.05) is 24.7 Å². The van der Waals surface area contributed by atoms with Gasteiger partial charge in [0.15, 0.2) is 6.10 Å². The Morgan fingerprint density at radius 1 is 1.16 bits per heavy atom. The Bertz CT molecular complexity index is 1190. The van der Waals surface area contributed by atoms with Gasteiger partial charge in [-0.25, -0.2) is 8.78 Å². The first-order valence-electron chi connectivity index (χ1n) is 10.3. The molecule has 5 nitrogen and oxygen atoms in total. The molecule has 1 aliphatic heterocycles. The molecule has 7 heteroatoms. The molecule has 4 rings (SSSR count). The van der Waals surface area contributed by atoms with E-state index in [2.05, 4.69) is 4.98 Å². The molecule has 1 N–H and O–H groups in total. The van der Waals surface area contributed by atoms with Gasteiger partial charge in [-0.2, -0.15) is 0 Å². The zero-order chi connectivity index (χ0) is 22.2. The van der Waals surface area contributed by atoms with Crippen LogP contribution in [-0.2, 0) is 4.79 Å². The predicted molar refractivity (Wildman–Crippen MR) is 116 cm³/mol. The van der Waals surface area contributed by atoms with E-state index >= 15 is 0 Å². The number of carbonyl (C=O) groups excluding carboxylic acids is 1. The minimum Gasteiger partial charge on any atom is -0.481 e. The standard InChI is InChI=1S/C24H24F2N2O3/c1-15-6-3-4-7-18(15)21-13-27-22(29)20-12-17(8-9-19(20)21)31-16(2)23(30)28-11-5-10-24(25,26)14-28/h3-4,6-9,12-13,16H,5,10-11,14H2,1-2H3,(H,27,29)/t16-/m1/s1. The number of benzene rings is 2. The van der Waals surface area contributed by atoms with Crippen molar-refractivity contribution in [3.05, 3.63) is 64.6 Å². The van der Waals surface area contributed by atoms with Gasteiger partial charge in [-0.3, -0.25) is 9.59 Å².